The van der Waals surface area contributed by atoms with Gasteiger partial charge in [0, 0.05) is 2.74 Å². The number of carbonyl (C=O) groups excluding carboxylic acids is 1. The normalized spacial score (nSPS) is 27.3. The largest absolute Gasteiger partial charge is 0.463 e. The summed E-state index contributed by atoms with van der Waals surface area (Å²) in [5.74, 6) is -2.61. The van der Waals surface area contributed by atoms with Crippen LogP contribution in [0.1, 0.15) is 34.4 Å². The molecule has 1 aliphatic carbocycles. The van der Waals surface area contributed by atoms with Crippen LogP contribution in [0.15, 0.2) is 29.8 Å². The Labute approximate surface area is 148 Å². The zero-order valence-corrected chi connectivity index (χ0v) is 13.6. The first-order chi connectivity index (χ1) is 13.2. The summed E-state index contributed by atoms with van der Waals surface area (Å²) in [6.45, 7) is 1.30. The van der Waals surface area contributed by atoms with Crippen LogP contribution < -0.4 is 4.72 Å². The van der Waals surface area contributed by atoms with E-state index >= 15 is 0 Å². The third kappa shape index (κ3) is 4.23. The van der Waals surface area contributed by atoms with Crippen LogP contribution >= 0.6 is 11.6 Å². The predicted octanol–water partition coefficient (Wildman–Crippen LogP) is 3.26. The highest BCUT2D eigenvalue weighted by molar-refractivity contribution is 7.93. The molecule has 0 fully saturated rings. The molecule has 0 heterocycles. The maximum Gasteiger partial charge on any atom is 0.335 e. The van der Waals surface area contributed by atoms with Crippen LogP contribution in [0.5, 0.6) is 0 Å². The van der Waals surface area contributed by atoms with E-state index in [2.05, 4.69) is 0 Å². The fourth-order valence-corrected chi connectivity index (χ4v) is 3.45. The third-order valence-electron chi connectivity index (χ3n) is 2.84. The van der Waals surface area contributed by atoms with Crippen molar-refractivity contribution in [2.24, 2.45) is 0 Å². The van der Waals surface area contributed by atoms with Crippen molar-refractivity contribution in [3.05, 3.63) is 40.6 Å². The Hall–Kier alpha value is -1.60. The Kier molecular flexibility index (Phi) is 3.51. The summed E-state index contributed by atoms with van der Waals surface area (Å²) in [7, 11) is -4.90. The average molecular weight is 368 g/mol. The number of rotatable bonds is 5. The van der Waals surface area contributed by atoms with Crippen LogP contribution in [-0.4, -0.2) is 26.2 Å². The zero-order valence-electron chi connectivity index (χ0n) is 18.0. The Morgan fingerprint density at radius 3 is 3.09 bits per heavy atom. The predicted molar refractivity (Wildman–Crippen MR) is 86.3 cm³/mol. The maximum absolute atomic E-state index is 13.7. The van der Waals surface area contributed by atoms with Crippen LogP contribution in [0.25, 0.3) is 0 Å². The van der Waals surface area contributed by atoms with Gasteiger partial charge in [0.05, 0.1) is 28.4 Å². The van der Waals surface area contributed by atoms with E-state index in [1.165, 1.54) is 6.92 Å². The molecule has 0 aromatic heterocycles. The molecule has 8 heteroatoms. The highest BCUT2D eigenvalue weighted by Gasteiger charge is 2.35. The van der Waals surface area contributed by atoms with E-state index in [0.717, 1.165) is 0 Å². The van der Waals surface area contributed by atoms with Crippen molar-refractivity contribution in [2.45, 2.75) is 31.4 Å². The van der Waals surface area contributed by atoms with E-state index in [0.29, 0.717) is 6.08 Å². The molecule has 0 radical (unpaired) electrons. The minimum absolute atomic E-state index is 0.145. The number of ether oxygens (including phenoxy) is 1. The number of halogens is 2. The lowest BCUT2D eigenvalue weighted by atomic mass is 9.99. The van der Waals surface area contributed by atoms with Gasteiger partial charge < -0.3 is 4.74 Å². The van der Waals surface area contributed by atoms with Crippen molar-refractivity contribution in [3.8, 4) is 0 Å². The number of nitrogens with one attached hydrogen (secondary N) is 1. The topological polar surface area (TPSA) is 72.5 Å². The molecule has 0 bridgehead atoms. The maximum atomic E-state index is 13.7. The molecule has 0 spiro atoms. The van der Waals surface area contributed by atoms with Gasteiger partial charge in [-0.25, -0.2) is 17.6 Å². The van der Waals surface area contributed by atoms with Crippen LogP contribution in [0.3, 0.4) is 0 Å². The molecule has 0 unspecified atom stereocenters. The Balaban J connectivity index is 2.62. The summed E-state index contributed by atoms with van der Waals surface area (Å²) >= 11 is 5.77. The molecule has 1 aromatic carbocycles. The molecule has 1 atom stereocenters. The Morgan fingerprint density at radius 2 is 2.39 bits per heavy atom. The summed E-state index contributed by atoms with van der Waals surface area (Å²) in [6.07, 6.45) is -2.38. The molecular weight excluding hydrogens is 345 g/mol. The molecule has 126 valence electrons. The SMILES string of the molecule is [2H]c1c([2H])c(NS(=O)(=O)[C@]2([2H])CCC([2H])([2H])C=C2C(=O)OCC)c(Cl)c([2H])c1F. The van der Waals surface area contributed by atoms with Gasteiger partial charge in [0.2, 0.25) is 10.0 Å². The summed E-state index contributed by atoms with van der Waals surface area (Å²) in [5, 5.41) is -3.50. The first-order valence-corrected chi connectivity index (χ1v) is 8.42. The number of benzene rings is 1. The first kappa shape index (κ1) is 11.0. The van der Waals surface area contributed by atoms with Crippen molar-refractivity contribution in [3.63, 3.8) is 0 Å². The number of esters is 1. The quantitative estimate of drug-likeness (QED) is 0.811. The lowest BCUT2D eigenvalue weighted by Crippen LogP contribution is -2.34. The van der Waals surface area contributed by atoms with Gasteiger partial charge in [-0.2, -0.15) is 0 Å². The monoisotopic (exact) mass is 367 g/mol. The van der Waals surface area contributed by atoms with Gasteiger partial charge in [0.15, 0.2) is 0 Å². The van der Waals surface area contributed by atoms with Crippen molar-refractivity contribution in [2.75, 3.05) is 11.3 Å². The van der Waals surface area contributed by atoms with Crippen LogP contribution in [-0.2, 0) is 19.6 Å². The highest BCUT2D eigenvalue weighted by Crippen LogP contribution is 2.30. The molecule has 0 aliphatic heterocycles. The summed E-state index contributed by atoms with van der Waals surface area (Å²) < 4.78 is 93.0. The van der Waals surface area contributed by atoms with Gasteiger partial charge in [0.25, 0.3) is 0 Å². The highest BCUT2D eigenvalue weighted by atomic mass is 35.5. The van der Waals surface area contributed by atoms with Crippen LogP contribution in [0.2, 0.25) is 5.02 Å². The number of hydrogen-bond donors (Lipinski definition) is 1. The summed E-state index contributed by atoms with van der Waals surface area (Å²) in [5.41, 5.74) is -1.54. The van der Waals surface area contributed by atoms with Gasteiger partial charge in [0.1, 0.15) is 11.0 Å². The van der Waals surface area contributed by atoms with Crippen molar-refractivity contribution >= 4 is 33.3 Å². The lowest BCUT2D eigenvalue weighted by molar-refractivity contribution is -0.138. The zero-order chi connectivity index (χ0) is 22.4. The summed E-state index contributed by atoms with van der Waals surface area (Å²) in [6, 6.07) is -3.04. The van der Waals surface area contributed by atoms with Crippen molar-refractivity contribution in [1.29, 1.82) is 0 Å². The first-order valence-electron chi connectivity index (χ1n) is 9.56. The van der Waals surface area contributed by atoms with Gasteiger partial charge in [-0.1, -0.05) is 17.7 Å². The summed E-state index contributed by atoms with van der Waals surface area (Å²) in [4.78, 5) is 12.2. The molecule has 0 saturated heterocycles. The van der Waals surface area contributed by atoms with E-state index in [4.69, 9.17) is 24.6 Å². The Bertz CT molecular complexity index is 974. The molecule has 23 heavy (non-hydrogen) atoms. The van der Waals surface area contributed by atoms with Gasteiger partial charge in [-0.3, -0.25) is 4.72 Å². The third-order valence-corrected chi connectivity index (χ3v) is 4.66. The molecule has 0 amide bonds. The Morgan fingerprint density at radius 1 is 1.65 bits per heavy atom. The fraction of sp³-hybridized carbons (Fsp3) is 0.400. The van der Waals surface area contributed by atoms with Gasteiger partial charge >= 0.3 is 5.97 Å². The number of anilines is 1. The number of carbonyl (C=O) groups is 1. The smallest absolute Gasteiger partial charge is 0.335 e. The minimum atomic E-state index is -4.90. The van der Waals surface area contributed by atoms with Crippen LogP contribution in [0.4, 0.5) is 10.1 Å². The van der Waals surface area contributed by atoms with Crippen LogP contribution in [0, 0.1) is 5.82 Å². The van der Waals surface area contributed by atoms with Crippen molar-refractivity contribution in [1.82, 2.24) is 0 Å². The lowest BCUT2D eigenvalue weighted by Gasteiger charge is -2.24. The molecule has 1 aliphatic rings. The average Bonchev–Trinajstić information content (AvgIpc) is 2.64. The van der Waals surface area contributed by atoms with E-state index in [-0.39, 0.29) is 6.61 Å². The fourth-order valence-electron chi connectivity index (χ4n) is 1.86. The molecule has 2 rings (SSSR count). The molecule has 1 N–H and O–H groups in total. The van der Waals surface area contributed by atoms with E-state index in [1.807, 2.05) is 4.72 Å². The molecular formula is C15H17ClFNO4S. The second-order valence-electron chi connectivity index (χ2n) is 4.39. The van der Waals surface area contributed by atoms with Crippen molar-refractivity contribution < 1.29 is 30.6 Å². The minimum Gasteiger partial charge on any atom is -0.463 e. The second-order valence-corrected chi connectivity index (χ2v) is 6.47. The number of hydrogen-bond acceptors (Lipinski definition) is 4. The number of allylic oxidation sites excluding steroid dienone is 1. The molecule has 1 aromatic rings. The molecule has 0 saturated carbocycles. The second kappa shape index (κ2) is 7.31. The number of sulfonamides is 1. The van der Waals surface area contributed by atoms with E-state index < -0.39 is 80.7 Å². The van der Waals surface area contributed by atoms with E-state index in [9.17, 15) is 17.6 Å². The van der Waals surface area contributed by atoms with Gasteiger partial charge in [-0.15, -0.1) is 0 Å². The molecule has 5 nitrogen and oxygen atoms in total. The van der Waals surface area contributed by atoms with Gasteiger partial charge in [-0.05, 0) is 44.3 Å². The van der Waals surface area contributed by atoms with E-state index in [1.54, 1.807) is 0 Å². The standard InChI is InChI=1S/C15H17ClFNO4S/c1-2-22-15(19)11-5-3-4-6-14(11)23(20,21)18-13-8-7-10(17)9-12(13)16/h5,7-9,14,18H,2-4,6H2,1H3/t14-/m1/s1/i3D2,7D,8D,9D,14D.